The highest BCUT2D eigenvalue weighted by atomic mass is 14.0. The Kier molecular flexibility index (Phi) is 31.6. The van der Waals surface area contributed by atoms with E-state index in [4.69, 9.17) is 0 Å². The summed E-state index contributed by atoms with van der Waals surface area (Å²) in [7, 11) is 0. The van der Waals surface area contributed by atoms with Gasteiger partial charge in [-0.15, -0.1) is 0 Å². The number of unbranched alkanes of at least 4 members (excludes halogenated alkanes) is 1. The van der Waals surface area contributed by atoms with Gasteiger partial charge in [-0.05, 0) is 19.3 Å². The molecule has 0 rings (SSSR count). The summed E-state index contributed by atoms with van der Waals surface area (Å²) >= 11 is 0. The molecule has 1 atom stereocenters. The molecule has 0 aromatic rings. The van der Waals surface area contributed by atoms with Crippen molar-refractivity contribution in [3.8, 4) is 0 Å². The van der Waals surface area contributed by atoms with Gasteiger partial charge in [0.15, 0.2) is 0 Å². The maximum Gasteiger partial charge on any atom is -0.0379 e. The van der Waals surface area contributed by atoms with Crippen LogP contribution in [0, 0.1) is 5.92 Å². The van der Waals surface area contributed by atoms with Crippen molar-refractivity contribution in [3.05, 3.63) is 12.2 Å². The van der Waals surface area contributed by atoms with Crippen LogP contribution in [0.15, 0.2) is 12.2 Å². The predicted molar refractivity (Wildman–Crippen MR) is 75.4 cm³/mol. The largest absolute Gasteiger partial charge is 0.0917 e. The van der Waals surface area contributed by atoms with Crippen molar-refractivity contribution in [1.82, 2.24) is 0 Å². The fraction of sp³-hybridized carbons (Fsp3) is 0.867. The lowest BCUT2D eigenvalue weighted by molar-refractivity contribution is 0.492. The van der Waals surface area contributed by atoms with E-state index in [9.17, 15) is 0 Å². The van der Waals surface area contributed by atoms with Crippen molar-refractivity contribution in [3.63, 3.8) is 0 Å². The maximum atomic E-state index is 2.33. The van der Waals surface area contributed by atoms with E-state index in [1.54, 1.807) is 0 Å². The summed E-state index contributed by atoms with van der Waals surface area (Å²) < 4.78 is 0. The first-order valence-electron chi connectivity index (χ1n) is 6.83. The van der Waals surface area contributed by atoms with Gasteiger partial charge >= 0.3 is 0 Å². The number of allylic oxidation sites excluding steroid dienone is 2. The van der Waals surface area contributed by atoms with Crippen LogP contribution >= 0.6 is 0 Å². The molecule has 0 saturated heterocycles. The van der Waals surface area contributed by atoms with Crippen LogP contribution in [0.1, 0.15) is 80.6 Å². The third-order valence-corrected chi connectivity index (χ3v) is 2.22. The van der Waals surface area contributed by atoms with E-state index in [0.717, 1.165) is 12.3 Å². The Hall–Kier alpha value is -0.260. The third-order valence-electron chi connectivity index (χ3n) is 2.22. The second kappa shape index (κ2) is 23.5. The first kappa shape index (κ1) is 20.2. The molecule has 0 heteroatoms. The Morgan fingerprint density at radius 1 is 1.07 bits per heavy atom. The van der Waals surface area contributed by atoms with Gasteiger partial charge < -0.3 is 0 Å². The minimum atomic E-state index is 0.954. The van der Waals surface area contributed by atoms with Gasteiger partial charge in [0.1, 0.15) is 0 Å². The summed E-state index contributed by atoms with van der Waals surface area (Å²) in [6.07, 6.45) is 10.9. The average molecular weight is 214 g/mol. The Balaban J connectivity index is -0.000000177. The Bertz CT molecular complexity index is 92.2. The molecule has 0 aliphatic rings. The van der Waals surface area contributed by atoms with Crippen LogP contribution in [0.4, 0.5) is 0 Å². The summed E-state index contributed by atoms with van der Waals surface area (Å²) in [5, 5.41) is 0. The first-order valence-corrected chi connectivity index (χ1v) is 6.83. The summed E-state index contributed by atoms with van der Waals surface area (Å²) in [5.74, 6) is 0.954. The van der Waals surface area contributed by atoms with Crippen LogP contribution in [0.25, 0.3) is 0 Å². The van der Waals surface area contributed by atoms with Gasteiger partial charge in [-0.25, -0.2) is 0 Å². The summed E-state index contributed by atoms with van der Waals surface area (Å²) in [6, 6.07) is 0. The molecule has 0 bridgehead atoms. The van der Waals surface area contributed by atoms with E-state index >= 15 is 0 Å². The van der Waals surface area contributed by atoms with Crippen molar-refractivity contribution < 1.29 is 0 Å². The standard InChI is InChI=1S/C8H18.C5H10.C2H6/c1-4-6-7-8(3)5-2;1-3-5-4-2;1-2/h8H,4-7H2,1-3H3;3,5H,4H2,1-2H3;1-2H3/b;5-3-;. The molecule has 0 spiro atoms. The molecule has 0 N–H and O–H groups in total. The van der Waals surface area contributed by atoms with Crippen LogP contribution in [0.2, 0.25) is 0 Å². The SMILES string of the molecule is C/C=C\CC.CC.CCCCC(C)CC. The summed E-state index contributed by atoms with van der Waals surface area (Å²) in [6.45, 7) is 15.0. The lowest BCUT2D eigenvalue weighted by atomic mass is 10.0. The normalized spacial score (nSPS) is 11.1. The Morgan fingerprint density at radius 3 is 1.80 bits per heavy atom. The molecular weight excluding hydrogens is 180 g/mol. The van der Waals surface area contributed by atoms with E-state index in [-0.39, 0.29) is 0 Å². The van der Waals surface area contributed by atoms with Crippen LogP contribution in [0.5, 0.6) is 0 Å². The monoisotopic (exact) mass is 214 g/mol. The molecule has 15 heavy (non-hydrogen) atoms. The lowest BCUT2D eigenvalue weighted by Gasteiger charge is -2.04. The van der Waals surface area contributed by atoms with Gasteiger partial charge in [-0.1, -0.05) is 79.4 Å². The fourth-order valence-corrected chi connectivity index (χ4v) is 0.992. The molecule has 0 saturated carbocycles. The van der Waals surface area contributed by atoms with Gasteiger partial charge in [0.25, 0.3) is 0 Å². The zero-order chi connectivity index (χ0) is 12.5. The van der Waals surface area contributed by atoms with Crippen LogP contribution in [-0.4, -0.2) is 0 Å². The number of hydrogen-bond acceptors (Lipinski definition) is 0. The molecule has 0 aromatic heterocycles. The molecule has 1 unspecified atom stereocenters. The van der Waals surface area contributed by atoms with Gasteiger partial charge in [0.05, 0.1) is 0 Å². The van der Waals surface area contributed by atoms with Crippen molar-refractivity contribution in [2.24, 2.45) is 5.92 Å². The van der Waals surface area contributed by atoms with E-state index in [0.29, 0.717) is 0 Å². The zero-order valence-corrected chi connectivity index (χ0v) is 12.3. The van der Waals surface area contributed by atoms with Gasteiger partial charge in [0.2, 0.25) is 0 Å². The predicted octanol–water partition coefficient (Wildman–Crippen LogP) is 6.22. The van der Waals surface area contributed by atoms with Crippen molar-refractivity contribution in [1.29, 1.82) is 0 Å². The second-order valence-electron chi connectivity index (χ2n) is 3.63. The van der Waals surface area contributed by atoms with E-state index < -0.39 is 0 Å². The Morgan fingerprint density at radius 2 is 1.60 bits per heavy atom. The number of rotatable bonds is 5. The molecule has 94 valence electrons. The van der Waals surface area contributed by atoms with Gasteiger partial charge in [-0.3, -0.25) is 0 Å². The van der Waals surface area contributed by atoms with Crippen LogP contribution in [-0.2, 0) is 0 Å². The van der Waals surface area contributed by atoms with E-state index in [1.807, 2.05) is 20.8 Å². The molecule has 0 amide bonds. The molecule has 0 radical (unpaired) electrons. The van der Waals surface area contributed by atoms with E-state index in [2.05, 4.69) is 39.8 Å². The summed E-state index contributed by atoms with van der Waals surface area (Å²) in [4.78, 5) is 0. The van der Waals surface area contributed by atoms with Crippen molar-refractivity contribution in [2.45, 2.75) is 80.6 Å². The second-order valence-corrected chi connectivity index (χ2v) is 3.63. The van der Waals surface area contributed by atoms with E-state index in [1.165, 1.54) is 25.7 Å². The zero-order valence-electron chi connectivity index (χ0n) is 12.3. The molecule has 0 heterocycles. The van der Waals surface area contributed by atoms with Crippen LogP contribution in [0.3, 0.4) is 0 Å². The lowest BCUT2D eigenvalue weighted by Crippen LogP contribution is -1.89. The highest BCUT2D eigenvalue weighted by molar-refractivity contribution is 4.73. The molecule has 0 aromatic carbocycles. The quantitative estimate of drug-likeness (QED) is 0.476. The Labute approximate surface area is 99.2 Å². The third kappa shape index (κ3) is 31.6. The highest BCUT2D eigenvalue weighted by Crippen LogP contribution is 2.09. The minimum absolute atomic E-state index is 0.954. The molecule has 0 nitrogen and oxygen atoms in total. The first-order chi connectivity index (χ1) is 7.22. The van der Waals surface area contributed by atoms with Crippen LogP contribution < -0.4 is 0 Å². The smallest absolute Gasteiger partial charge is 0.0379 e. The average Bonchev–Trinajstić information content (AvgIpc) is 2.30. The van der Waals surface area contributed by atoms with Gasteiger partial charge in [0, 0.05) is 0 Å². The van der Waals surface area contributed by atoms with Crippen molar-refractivity contribution >= 4 is 0 Å². The minimum Gasteiger partial charge on any atom is -0.0917 e. The molecular formula is C15H34. The fourth-order valence-electron chi connectivity index (χ4n) is 0.992. The number of hydrogen-bond donors (Lipinski definition) is 0. The maximum absolute atomic E-state index is 2.33. The molecule has 0 aliphatic heterocycles. The molecule has 0 fully saturated rings. The van der Waals surface area contributed by atoms with Gasteiger partial charge in [-0.2, -0.15) is 0 Å². The summed E-state index contributed by atoms with van der Waals surface area (Å²) in [5.41, 5.74) is 0. The molecule has 0 aliphatic carbocycles. The topological polar surface area (TPSA) is 0 Å². The highest BCUT2D eigenvalue weighted by Gasteiger charge is 1.94. The van der Waals surface area contributed by atoms with Crippen molar-refractivity contribution in [2.75, 3.05) is 0 Å².